The number of nitrogens with one attached hydrogen (secondary N) is 1. The topological polar surface area (TPSA) is 81.1 Å². The van der Waals surface area contributed by atoms with Crippen LogP contribution >= 0.6 is 0 Å². The summed E-state index contributed by atoms with van der Waals surface area (Å²) in [6, 6.07) is 11.0. The van der Waals surface area contributed by atoms with E-state index in [1.807, 2.05) is 30.3 Å². The monoisotopic (exact) mass is 333 g/mol. The van der Waals surface area contributed by atoms with Crippen molar-refractivity contribution in [2.24, 2.45) is 0 Å². The lowest BCUT2D eigenvalue weighted by atomic mass is 10.2. The minimum absolute atomic E-state index is 0.154. The van der Waals surface area contributed by atoms with Crippen molar-refractivity contribution >= 4 is 15.7 Å². The fraction of sp³-hybridized carbons (Fsp3) is 0.375. The molecule has 23 heavy (non-hydrogen) atoms. The molecule has 2 heterocycles. The van der Waals surface area contributed by atoms with Crippen LogP contribution in [0.15, 0.2) is 42.6 Å². The van der Waals surface area contributed by atoms with E-state index < -0.39 is 15.1 Å². The largest absolute Gasteiger partial charge is 0.349 e. The van der Waals surface area contributed by atoms with Crippen molar-refractivity contribution in [2.75, 3.05) is 12.3 Å². The summed E-state index contributed by atoms with van der Waals surface area (Å²) in [6.07, 6.45) is 3.77. The minimum Gasteiger partial charge on any atom is -0.349 e. The Morgan fingerprint density at radius 2 is 2.00 bits per heavy atom. The summed E-state index contributed by atoms with van der Waals surface area (Å²) in [4.78, 5) is 12.4. The second kappa shape index (κ2) is 6.54. The van der Waals surface area contributed by atoms with Crippen molar-refractivity contribution in [3.05, 3.63) is 48.3 Å². The van der Waals surface area contributed by atoms with Crippen LogP contribution in [0.25, 0.3) is 5.69 Å². The van der Waals surface area contributed by atoms with Gasteiger partial charge in [-0.3, -0.25) is 4.79 Å². The lowest BCUT2D eigenvalue weighted by molar-refractivity contribution is 0.0945. The van der Waals surface area contributed by atoms with Crippen molar-refractivity contribution in [2.45, 2.75) is 24.5 Å². The number of carbonyl (C=O) groups excluding carboxylic acids is 1. The summed E-state index contributed by atoms with van der Waals surface area (Å²) in [6.45, 7) is 0.154. The highest BCUT2D eigenvalue weighted by atomic mass is 32.2. The fourth-order valence-electron chi connectivity index (χ4n) is 2.80. The van der Waals surface area contributed by atoms with Crippen molar-refractivity contribution in [1.82, 2.24) is 15.1 Å². The van der Waals surface area contributed by atoms with Crippen LogP contribution in [0.4, 0.5) is 0 Å². The molecule has 1 unspecified atom stereocenters. The lowest BCUT2D eigenvalue weighted by Crippen LogP contribution is -2.40. The maximum atomic E-state index is 12.4. The molecule has 0 aliphatic carbocycles. The summed E-state index contributed by atoms with van der Waals surface area (Å²) in [5.74, 6) is -0.0951. The second-order valence-corrected chi connectivity index (χ2v) is 8.06. The van der Waals surface area contributed by atoms with Crippen LogP contribution in [-0.2, 0) is 9.84 Å². The normalized spacial score (nSPS) is 20.1. The van der Waals surface area contributed by atoms with Crippen LogP contribution in [0.2, 0.25) is 0 Å². The number of aromatic nitrogens is 2. The average Bonchev–Trinajstić information content (AvgIpc) is 3.04. The Hall–Kier alpha value is -2.15. The Morgan fingerprint density at radius 1 is 1.22 bits per heavy atom. The number of para-hydroxylation sites is 1. The Morgan fingerprint density at radius 3 is 2.74 bits per heavy atom. The number of hydrogen-bond acceptors (Lipinski definition) is 4. The summed E-state index contributed by atoms with van der Waals surface area (Å²) in [5, 5.41) is 6.43. The Kier molecular flexibility index (Phi) is 4.47. The molecule has 1 aliphatic rings. The maximum absolute atomic E-state index is 12.4. The van der Waals surface area contributed by atoms with E-state index in [4.69, 9.17) is 0 Å². The van der Waals surface area contributed by atoms with Crippen LogP contribution in [0.3, 0.4) is 0 Å². The van der Waals surface area contributed by atoms with Gasteiger partial charge in [-0.2, -0.15) is 5.10 Å². The average molecular weight is 333 g/mol. The molecule has 3 rings (SSSR count). The first-order chi connectivity index (χ1) is 11.1. The van der Waals surface area contributed by atoms with Crippen LogP contribution in [0, 0.1) is 0 Å². The predicted octanol–water partition coefficient (Wildman–Crippen LogP) is 1.57. The zero-order valence-electron chi connectivity index (χ0n) is 12.7. The van der Waals surface area contributed by atoms with Gasteiger partial charge < -0.3 is 5.32 Å². The number of sulfone groups is 1. The molecule has 1 aliphatic heterocycles. The molecule has 1 atom stereocenters. The highest BCUT2D eigenvalue weighted by Crippen LogP contribution is 2.19. The number of rotatable bonds is 4. The summed E-state index contributed by atoms with van der Waals surface area (Å²) < 4.78 is 25.5. The first kappa shape index (κ1) is 15.7. The van der Waals surface area contributed by atoms with E-state index in [-0.39, 0.29) is 18.2 Å². The van der Waals surface area contributed by atoms with Crippen molar-refractivity contribution in [3.8, 4) is 5.69 Å². The highest BCUT2D eigenvalue weighted by molar-refractivity contribution is 7.92. The molecule has 2 aromatic rings. The molecule has 122 valence electrons. The third-order valence-electron chi connectivity index (χ3n) is 4.08. The van der Waals surface area contributed by atoms with Crippen molar-refractivity contribution in [1.29, 1.82) is 0 Å². The van der Waals surface area contributed by atoms with Crippen molar-refractivity contribution in [3.63, 3.8) is 0 Å². The molecule has 0 radical (unpaired) electrons. The van der Waals surface area contributed by atoms with Gasteiger partial charge in [0.15, 0.2) is 9.84 Å². The molecular formula is C16H19N3O3S. The molecule has 6 nitrogen and oxygen atoms in total. The SMILES string of the molecule is O=C(NCC1CCCCS1(=O)=O)c1ccnn1-c1ccccc1. The fourth-order valence-corrected chi connectivity index (χ4v) is 4.60. The number of hydrogen-bond donors (Lipinski definition) is 1. The van der Waals surface area contributed by atoms with Crippen LogP contribution in [-0.4, -0.2) is 41.7 Å². The Bertz CT molecular complexity index is 784. The standard InChI is InChI=1S/C16H19N3O3S/c20-16(17-12-14-8-4-5-11-23(14,21)22)15-9-10-18-19(15)13-6-2-1-3-7-13/h1-3,6-7,9-10,14H,4-5,8,11-12H2,(H,17,20). The van der Waals surface area contributed by atoms with E-state index in [0.29, 0.717) is 18.5 Å². The summed E-state index contributed by atoms with van der Waals surface area (Å²) in [5.41, 5.74) is 1.18. The summed E-state index contributed by atoms with van der Waals surface area (Å²) in [7, 11) is -3.09. The molecule has 1 amide bonds. The first-order valence-electron chi connectivity index (χ1n) is 7.67. The summed E-state index contributed by atoms with van der Waals surface area (Å²) >= 11 is 0. The number of carbonyl (C=O) groups is 1. The van der Waals surface area contributed by atoms with E-state index in [1.54, 1.807) is 16.9 Å². The second-order valence-electron chi connectivity index (χ2n) is 5.66. The van der Waals surface area contributed by atoms with Gasteiger partial charge in [-0.15, -0.1) is 0 Å². The van der Waals surface area contributed by atoms with E-state index in [9.17, 15) is 13.2 Å². The highest BCUT2D eigenvalue weighted by Gasteiger charge is 2.29. The van der Waals surface area contributed by atoms with Gasteiger partial charge in [-0.1, -0.05) is 24.6 Å². The molecule has 7 heteroatoms. The zero-order valence-corrected chi connectivity index (χ0v) is 13.5. The van der Waals surface area contributed by atoms with E-state index >= 15 is 0 Å². The number of amides is 1. The maximum Gasteiger partial charge on any atom is 0.270 e. The van der Waals surface area contributed by atoms with Crippen LogP contribution < -0.4 is 5.32 Å². The molecule has 1 aromatic carbocycles. The van der Waals surface area contributed by atoms with Gasteiger partial charge in [-0.05, 0) is 31.0 Å². The smallest absolute Gasteiger partial charge is 0.270 e. The predicted molar refractivity (Wildman–Crippen MR) is 87.3 cm³/mol. The molecule has 0 bridgehead atoms. The van der Waals surface area contributed by atoms with Gasteiger partial charge in [0.2, 0.25) is 0 Å². The van der Waals surface area contributed by atoms with E-state index in [0.717, 1.165) is 12.1 Å². The van der Waals surface area contributed by atoms with Crippen LogP contribution in [0.5, 0.6) is 0 Å². The molecule has 1 aromatic heterocycles. The van der Waals surface area contributed by atoms with Gasteiger partial charge in [0, 0.05) is 6.54 Å². The Balaban J connectivity index is 1.71. The quantitative estimate of drug-likeness (QED) is 0.921. The first-order valence-corrected chi connectivity index (χ1v) is 9.39. The minimum atomic E-state index is -3.09. The van der Waals surface area contributed by atoms with Crippen molar-refractivity contribution < 1.29 is 13.2 Å². The Labute approximate surface area is 135 Å². The third kappa shape index (κ3) is 3.44. The van der Waals surface area contributed by atoms with Gasteiger partial charge in [0.1, 0.15) is 5.69 Å². The van der Waals surface area contributed by atoms with Gasteiger partial charge in [0.05, 0.1) is 22.9 Å². The molecule has 0 saturated carbocycles. The number of benzene rings is 1. The molecule has 1 saturated heterocycles. The van der Waals surface area contributed by atoms with Crippen LogP contribution in [0.1, 0.15) is 29.8 Å². The molecule has 1 fully saturated rings. The van der Waals surface area contributed by atoms with Gasteiger partial charge in [0.25, 0.3) is 5.91 Å². The van der Waals surface area contributed by atoms with Gasteiger partial charge in [-0.25, -0.2) is 13.1 Å². The van der Waals surface area contributed by atoms with Gasteiger partial charge >= 0.3 is 0 Å². The third-order valence-corrected chi connectivity index (χ3v) is 6.36. The van der Waals surface area contributed by atoms with E-state index in [2.05, 4.69) is 10.4 Å². The number of nitrogens with zero attached hydrogens (tertiary/aromatic N) is 2. The molecule has 1 N–H and O–H groups in total. The lowest BCUT2D eigenvalue weighted by Gasteiger charge is -2.22. The molecular weight excluding hydrogens is 314 g/mol. The zero-order chi connectivity index (χ0) is 16.3. The van der Waals surface area contributed by atoms with E-state index in [1.165, 1.54) is 0 Å². The molecule has 0 spiro atoms.